The van der Waals surface area contributed by atoms with Crippen LogP contribution in [0.4, 0.5) is 0 Å². The predicted molar refractivity (Wildman–Crippen MR) is 44.9 cm³/mol. The first-order chi connectivity index (χ1) is 5.59. The van der Waals surface area contributed by atoms with Gasteiger partial charge < -0.3 is 9.52 Å². The lowest BCUT2D eigenvalue weighted by Crippen LogP contribution is -2.02. The minimum atomic E-state index is -0.832. The number of aromatic nitrogens is 1. The molecule has 0 spiro atoms. The van der Waals surface area contributed by atoms with Gasteiger partial charge in [0.2, 0.25) is 0 Å². The highest BCUT2D eigenvalue weighted by atomic mass is 79.9. The van der Waals surface area contributed by atoms with Gasteiger partial charge in [0, 0.05) is 21.8 Å². The standard InChI is InChI=1S/C7H8BrNO3/c1-4(2-6(10)11)5-3-12-7(8)9-5/h3-4H,2H2,1H3,(H,10,11). The van der Waals surface area contributed by atoms with Gasteiger partial charge in [0.05, 0.1) is 12.1 Å². The van der Waals surface area contributed by atoms with Gasteiger partial charge >= 0.3 is 5.97 Å². The van der Waals surface area contributed by atoms with Crippen LogP contribution in [-0.2, 0) is 4.79 Å². The number of aliphatic carboxylic acids is 1. The molecule has 0 bridgehead atoms. The van der Waals surface area contributed by atoms with Gasteiger partial charge in [-0.1, -0.05) is 6.92 Å². The van der Waals surface area contributed by atoms with Gasteiger partial charge in [-0.25, -0.2) is 4.98 Å². The Morgan fingerprint density at radius 2 is 2.58 bits per heavy atom. The van der Waals surface area contributed by atoms with E-state index in [4.69, 9.17) is 9.52 Å². The van der Waals surface area contributed by atoms with Crippen molar-refractivity contribution in [3.8, 4) is 0 Å². The molecule has 0 amide bonds. The molecule has 0 saturated heterocycles. The molecule has 5 heteroatoms. The number of halogens is 1. The lowest BCUT2D eigenvalue weighted by Gasteiger charge is -2.01. The first-order valence-corrected chi connectivity index (χ1v) is 4.21. The summed E-state index contributed by atoms with van der Waals surface area (Å²) in [6, 6.07) is 0. The van der Waals surface area contributed by atoms with Crippen molar-refractivity contribution >= 4 is 21.9 Å². The molecule has 0 radical (unpaired) electrons. The van der Waals surface area contributed by atoms with E-state index >= 15 is 0 Å². The number of nitrogens with zero attached hydrogens (tertiary/aromatic N) is 1. The predicted octanol–water partition coefficient (Wildman–Crippen LogP) is 2.02. The van der Waals surface area contributed by atoms with E-state index in [0.717, 1.165) is 0 Å². The van der Waals surface area contributed by atoms with E-state index in [1.165, 1.54) is 6.26 Å². The van der Waals surface area contributed by atoms with Crippen LogP contribution in [0, 0.1) is 0 Å². The third-order valence-electron chi connectivity index (χ3n) is 1.48. The monoisotopic (exact) mass is 233 g/mol. The maximum atomic E-state index is 10.3. The largest absolute Gasteiger partial charge is 0.481 e. The van der Waals surface area contributed by atoms with Crippen molar-refractivity contribution in [3.05, 3.63) is 16.8 Å². The molecule has 0 fully saturated rings. The summed E-state index contributed by atoms with van der Waals surface area (Å²) in [7, 11) is 0. The van der Waals surface area contributed by atoms with E-state index < -0.39 is 5.97 Å². The molecule has 1 unspecified atom stereocenters. The maximum absolute atomic E-state index is 10.3. The summed E-state index contributed by atoms with van der Waals surface area (Å²) in [6.45, 7) is 1.79. The summed E-state index contributed by atoms with van der Waals surface area (Å²) >= 11 is 3.04. The first-order valence-electron chi connectivity index (χ1n) is 3.42. The Morgan fingerprint density at radius 3 is 3.00 bits per heavy atom. The zero-order valence-electron chi connectivity index (χ0n) is 6.45. The van der Waals surface area contributed by atoms with Crippen molar-refractivity contribution in [1.29, 1.82) is 0 Å². The van der Waals surface area contributed by atoms with Gasteiger partial charge in [0.15, 0.2) is 0 Å². The molecule has 4 nitrogen and oxygen atoms in total. The lowest BCUT2D eigenvalue weighted by atomic mass is 10.1. The summed E-state index contributed by atoms with van der Waals surface area (Å²) in [6.07, 6.45) is 1.52. The fraction of sp³-hybridized carbons (Fsp3) is 0.429. The number of carboxylic acid groups (broad SMARTS) is 1. The van der Waals surface area contributed by atoms with E-state index in [1.54, 1.807) is 6.92 Å². The maximum Gasteiger partial charge on any atom is 0.304 e. The number of carboxylic acids is 1. The van der Waals surface area contributed by atoms with Crippen LogP contribution in [0.2, 0.25) is 0 Å². The van der Waals surface area contributed by atoms with Crippen LogP contribution in [0.3, 0.4) is 0 Å². The van der Waals surface area contributed by atoms with Crippen LogP contribution in [0.1, 0.15) is 25.0 Å². The number of carbonyl (C=O) groups is 1. The molecule has 12 heavy (non-hydrogen) atoms. The third-order valence-corrected chi connectivity index (χ3v) is 1.84. The second-order valence-corrected chi connectivity index (χ2v) is 3.20. The average molecular weight is 234 g/mol. The topological polar surface area (TPSA) is 63.3 Å². The second-order valence-electron chi connectivity index (χ2n) is 2.52. The number of hydrogen-bond acceptors (Lipinski definition) is 3. The molecule has 1 N–H and O–H groups in total. The van der Waals surface area contributed by atoms with Crippen molar-refractivity contribution in [2.24, 2.45) is 0 Å². The smallest absolute Gasteiger partial charge is 0.304 e. The van der Waals surface area contributed by atoms with Crippen LogP contribution >= 0.6 is 15.9 Å². The van der Waals surface area contributed by atoms with Crippen molar-refractivity contribution in [1.82, 2.24) is 4.98 Å². The summed E-state index contributed by atoms with van der Waals surface area (Å²) in [5, 5.41) is 8.48. The summed E-state index contributed by atoms with van der Waals surface area (Å²) < 4.78 is 4.88. The van der Waals surface area contributed by atoms with Crippen LogP contribution < -0.4 is 0 Å². The van der Waals surface area contributed by atoms with Crippen molar-refractivity contribution in [2.75, 3.05) is 0 Å². The van der Waals surface area contributed by atoms with E-state index in [1.807, 2.05) is 0 Å². The quantitative estimate of drug-likeness (QED) is 0.868. The zero-order valence-corrected chi connectivity index (χ0v) is 8.04. The fourth-order valence-electron chi connectivity index (χ4n) is 0.856. The molecule has 1 aromatic rings. The Kier molecular flexibility index (Phi) is 2.86. The Labute approximate surface area is 77.7 Å². The fourth-order valence-corrected chi connectivity index (χ4v) is 1.15. The first kappa shape index (κ1) is 9.25. The highest BCUT2D eigenvalue weighted by molar-refractivity contribution is 9.10. The normalized spacial score (nSPS) is 12.8. The molecule has 0 aromatic carbocycles. The molecule has 0 aliphatic rings. The molecule has 1 heterocycles. The third kappa shape index (κ3) is 2.34. The molecule has 0 aliphatic carbocycles. The molecule has 0 saturated carbocycles. The second kappa shape index (κ2) is 3.71. The van der Waals surface area contributed by atoms with Gasteiger partial charge in [0.25, 0.3) is 4.80 Å². The van der Waals surface area contributed by atoms with Crippen molar-refractivity contribution < 1.29 is 14.3 Å². The van der Waals surface area contributed by atoms with Gasteiger partial charge in [-0.2, -0.15) is 0 Å². The van der Waals surface area contributed by atoms with Gasteiger partial charge in [-0.3, -0.25) is 4.79 Å². The van der Waals surface area contributed by atoms with Gasteiger partial charge in [-0.15, -0.1) is 0 Å². The van der Waals surface area contributed by atoms with Gasteiger partial charge in [-0.05, 0) is 0 Å². The van der Waals surface area contributed by atoms with Crippen LogP contribution in [0.25, 0.3) is 0 Å². The zero-order chi connectivity index (χ0) is 9.14. The van der Waals surface area contributed by atoms with E-state index in [2.05, 4.69) is 20.9 Å². The van der Waals surface area contributed by atoms with Crippen LogP contribution in [-0.4, -0.2) is 16.1 Å². The summed E-state index contributed by atoms with van der Waals surface area (Å²) in [5.74, 6) is -0.945. The van der Waals surface area contributed by atoms with Crippen LogP contribution in [0.5, 0.6) is 0 Å². The minimum Gasteiger partial charge on any atom is -0.481 e. The molecular formula is C7H8BrNO3. The SMILES string of the molecule is CC(CC(=O)O)c1coc(Br)n1. The number of hydrogen-bond donors (Lipinski definition) is 1. The summed E-state index contributed by atoms with van der Waals surface area (Å²) in [5.41, 5.74) is 0.657. The highest BCUT2D eigenvalue weighted by Gasteiger charge is 2.13. The summed E-state index contributed by atoms with van der Waals surface area (Å²) in [4.78, 5) is 14.7. The molecule has 1 rings (SSSR count). The Hall–Kier alpha value is -0.840. The lowest BCUT2D eigenvalue weighted by molar-refractivity contribution is -0.137. The molecule has 0 aliphatic heterocycles. The van der Waals surface area contributed by atoms with E-state index in [9.17, 15) is 4.79 Å². The minimum absolute atomic E-state index is 0.0684. The van der Waals surface area contributed by atoms with E-state index in [0.29, 0.717) is 10.5 Å². The van der Waals surface area contributed by atoms with Crippen molar-refractivity contribution in [3.63, 3.8) is 0 Å². The van der Waals surface area contributed by atoms with Crippen LogP contribution in [0.15, 0.2) is 15.5 Å². The molecule has 66 valence electrons. The average Bonchev–Trinajstić information content (AvgIpc) is 2.34. The molecule has 1 aromatic heterocycles. The molecule has 1 atom stereocenters. The Bertz CT molecular complexity index is 284. The van der Waals surface area contributed by atoms with Crippen molar-refractivity contribution in [2.45, 2.75) is 19.3 Å². The number of oxazole rings is 1. The van der Waals surface area contributed by atoms with Gasteiger partial charge in [0.1, 0.15) is 6.26 Å². The Balaban J connectivity index is 2.64. The highest BCUT2D eigenvalue weighted by Crippen LogP contribution is 2.20. The Morgan fingerprint density at radius 1 is 1.92 bits per heavy atom. The number of rotatable bonds is 3. The molecular weight excluding hydrogens is 226 g/mol. The van der Waals surface area contributed by atoms with E-state index in [-0.39, 0.29) is 12.3 Å².